The summed E-state index contributed by atoms with van der Waals surface area (Å²) < 4.78 is 31.2. The van der Waals surface area contributed by atoms with Gasteiger partial charge in [-0.15, -0.1) is 0 Å². The van der Waals surface area contributed by atoms with E-state index in [-0.39, 0.29) is 11.4 Å². The third-order valence-electron chi connectivity index (χ3n) is 3.54. The van der Waals surface area contributed by atoms with E-state index in [1.165, 1.54) is 37.5 Å². The maximum absolute atomic E-state index is 12.4. The van der Waals surface area contributed by atoms with Crippen molar-refractivity contribution in [3.8, 4) is 5.75 Å². The SMILES string of the molecule is C=CCOc1ccc(/C=N\NC(=O)CN(C)S(=O)(=O)c2ccc(Cl)cc2)cc1. The van der Waals surface area contributed by atoms with Gasteiger partial charge in [0.15, 0.2) is 0 Å². The molecular formula is C19H20ClN3O4S. The van der Waals surface area contributed by atoms with E-state index in [1.807, 2.05) is 0 Å². The molecule has 0 fully saturated rings. The summed E-state index contributed by atoms with van der Waals surface area (Å²) in [5.41, 5.74) is 3.05. The molecule has 2 aromatic carbocycles. The van der Waals surface area contributed by atoms with Crippen LogP contribution in [0.5, 0.6) is 5.75 Å². The second-order valence-electron chi connectivity index (χ2n) is 5.68. The van der Waals surface area contributed by atoms with Crippen molar-refractivity contribution >= 4 is 33.7 Å². The second-order valence-corrected chi connectivity index (χ2v) is 8.16. The van der Waals surface area contributed by atoms with Crippen molar-refractivity contribution in [2.24, 2.45) is 5.10 Å². The Morgan fingerprint density at radius 1 is 1.21 bits per heavy atom. The number of nitrogens with zero attached hydrogens (tertiary/aromatic N) is 2. The number of rotatable bonds is 9. The summed E-state index contributed by atoms with van der Waals surface area (Å²) in [7, 11) is -2.48. The van der Waals surface area contributed by atoms with Gasteiger partial charge in [-0.2, -0.15) is 9.41 Å². The molecule has 9 heteroatoms. The maximum atomic E-state index is 12.4. The molecule has 1 N–H and O–H groups in total. The van der Waals surface area contributed by atoms with Crippen molar-refractivity contribution in [1.82, 2.24) is 9.73 Å². The molecule has 0 spiro atoms. The molecule has 0 heterocycles. The van der Waals surface area contributed by atoms with Gasteiger partial charge in [0.05, 0.1) is 17.7 Å². The standard InChI is InChI=1S/C19H20ClN3O4S/c1-3-12-27-17-8-4-15(5-9-17)13-21-22-19(24)14-23(2)28(25,26)18-10-6-16(20)7-11-18/h3-11,13H,1,12,14H2,2H3,(H,22,24)/b21-13-. The summed E-state index contributed by atoms with van der Waals surface area (Å²) in [4.78, 5) is 12.0. The van der Waals surface area contributed by atoms with Crippen LogP contribution < -0.4 is 10.2 Å². The molecule has 0 atom stereocenters. The molecule has 2 rings (SSSR count). The molecule has 0 unspecified atom stereocenters. The van der Waals surface area contributed by atoms with Crippen molar-refractivity contribution in [1.29, 1.82) is 0 Å². The van der Waals surface area contributed by atoms with Gasteiger partial charge in [0.25, 0.3) is 5.91 Å². The van der Waals surface area contributed by atoms with E-state index in [1.54, 1.807) is 30.3 Å². The largest absolute Gasteiger partial charge is 0.490 e. The zero-order chi connectivity index (χ0) is 20.6. The van der Waals surface area contributed by atoms with E-state index >= 15 is 0 Å². The molecular weight excluding hydrogens is 402 g/mol. The molecule has 0 aliphatic rings. The number of sulfonamides is 1. The zero-order valence-electron chi connectivity index (χ0n) is 15.2. The molecule has 0 bridgehead atoms. The number of ether oxygens (including phenoxy) is 1. The summed E-state index contributed by atoms with van der Waals surface area (Å²) in [5.74, 6) is 0.123. The molecule has 148 valence electrons. The summed E-state index contributed by atoms with van der Waals surface area (Å²) in [6.45, 7) is 3.61. The van der Waals surface area contributed by atoms with Gasteiger partial charge in [0.2, 0.25) is 10.0 Å². The van der Waals surface area contributed by atoms with Crippen molar-refractivity contribution in [2.45, 2.75) is 4.90 Å². The minimum absolute atomic E-state index is 0.0504. The Hall–Kier alpha value is -2.68. The van der Waals surface area contributed by atoms with E-state index in [2.05, 4.69) is 17.1 Å². The van der Waals surface area contributed by atoms with E-state index in [0.29, 0.717) is 17.4 Å². The minimum atomic E-state index is -3.80. The summed E-state index contributed by atoms with van der Waals surface area (Å²) in [5, 5.41) is 4.26. The van der Waals surface area contributed by atoms with Crippen LogP contribution in [-0.2, 0) is 14.8 Å². The quantitative estimate of drug-likeness (QED) is 0.383. The predicted octanol–water partition coefficient (Wildman–Crippen LogP) is 2.68. The fraction of sp³-hybridized carbons (Fsp3) is 0.158. The van der Waals surface area contributed by atoms with Crippen LogP contribution in [-0.4, -0.2) is 45.0 Å². The van der Waals surface area contributed by atoms with Gasteiger partial charge in [-0.25, -0.2) is 13.8 Å². The van der Waals surface area contributed by atoms with E-state index in [9.17, 15) is 13.2 Å². The number of benzene rings is 2. The molecule has 28 heavy (non-hydrogen) atoms. The van der Waals surface area contributed by atoms with Crippen molar-refractivity contribution in [3.63, 3.8) is 0 Å². The molecule has 0 saturated carbocycles. The lowest BCUT2D eigenvalue weighted by atomic mass is 10.2. The molecule has 0 saturated heterocycles. The van der Waals surface area contributed by atoms with Gasteiger partial charge in [-0.3, -0.25) is 4.79 Å². The highest BCUT2D eigenvalue weighted by Crippen LogP contribution is 2.17. The van der Waals surface area contributed by atoms with E-state index in [4.69, 9.17) is 16.3 Å². The fourth-order valence-corrected chi connectivity index (χ4v) is 3.35. The van der Waals surface area contributed by atoms with Gasteiger partial charge in [0.1, 0.15) is 12.4 Å². The van der Waals surface area contributed by atoms with Crippen LogP contribution in [0.25, 0.3) is 0 Å². The maximum Gasteiger partial charge on any atom is 0.255 e. The number of amides is 1. The number of halogens is 1. The lowest BCUT2D eigenvalue weighted by Gasteiger charge is -2.16. The van der Waals surface area contributed by atoms with Crippen LogP contribution in [0.3, 0.4) is 0 Å². The highest BCUT2D eigenvalue weighted by Gasteiger charge is 2.22. The van der Waals surface area contributed by atoms with Crippen LogP contribution in [0, 0.1) is 0 Å². The Labute approximate surface area is 169 Å². The highest BCUT2D eigenvalue weighted by molar-refractivity contribution is 7.89. The van der Waals surface area contributed by atoms with E-state index < -0.39 is 15.9 Å². The number of hydrogen-bond donors (Lipinski definition) is 1. The van der Waals surface area contributed by atoms with Crippen LogP contribution in [0.1, 0.15) is 5.56 Å². The van der Waals surface area contributed by atoms with Crippen LogP contribution in [0.15, 0.2) is 71.2 Å². The first kappa shape index (κ1) is 21.6. The average Bonchev–Trinajstić information content (AvgIpc) is 2.67. The first-order valence-corrected chi connectivity index (χ1v) is 10.0. The molecule has 0 aliphatic carbocycles. The summed E-state index contributed by atoms with van der Waals surface area (Å²) in [6, 6.07) is 12.8. The number of hydrazone groups is 1. The normalized spacial score (nSPS) is 11.5. The van der Waals surface area contributed by atoms with Crippen LogP contribution >= 0.6 is 11.6 Å². The van der Waals surface area contributed by atoms with Gasteiger partial charge in [0, 0.05) is 12.1 Å². The van der Waals surface area contributed by atoms with Gasteiger partial charge < -0.3 is 4.74 Å². The third-order valence-corrected chi connectivity index (χ3v) is 5.61. The number of likely N-dealkylation sites (N-methyl/N-ethyl adjacent to an activating group) is 1. The number of hydrogen-bond acceptors (Lipinski definition) is 5. The molecule has 2 aromatic rings. The molecule has 1 amide bonds. The fourth-order valence-electron chi connectivity index (χ4n) is 2.09. The Balaban J connectivity index is 1.89. The monoisotopic (exact) mass is 421 g/mol. The molecule has 0 radical (unpaired) electrons. The zero-order valence-corrected chi connectivity index (χ0v) is 16.8. The van der Waals surface area contributed by atoms with Crippen LogP contribution in [0.4, 0.5) is 0 Å². The first-order valence-electron chi connectivity index (χ1n) is 8.20. The Morgan fingerprint density at radius 2 is 1.86 bits per heavy atom. The first-order chi connectivity index (χ1) is 13.3. The van der Waals surface area contributed by atoms with Crippen molar-refractivity contribution < 1.29 is 17.9 Å². The second kappa shape index (κ2) is 10.0. The van der Waals surface area contributed by atoms with Gasteiger partial charge in [-0.05, 0) is 54.1 Å². The smallest absolute Gasteiger partial charge is 0.255 e. The third kappa shape index (κ3) is 6.19. The predicted molar refractivity (Wildman–Crippen MR) is 109 cm³/mol. The lowest BCUT2D eigenvalue weighted by molar-refractivity contribution is -0.121. The average molecular weight is 422 g/mol. The van der Waals surface area contributed by atoms with Crippen molar-refractivity contribution in [2.75, 3.05) is 20.2 Å². The Bertz CT molecular complexity index is 942. The van der Waals surface area contributed by atoms with Crippen LogP contribution in [0.2, 0.25) is 5.02 Å². The highest BCUT2D eigenvalue weighted by atomic mass is 35.5. The molecule has 0 aliphatic heterocycles. The van der Waals surface area contributed by atoms with Crippen molar-refractivity contribution in [3.05, 3.63) is 71.8 Å². The summed E-state index contributed by atoms with van der Waals surface area (Å²) in [6.07, 6.45) is 3.10. The topological polar surface area (TPSA) is 88.1 Å². The number of carbonyl (C=O) groups is 1. The number of nitrogens with one attached hydrogen (secondary N) is 1. The van der Waals surface area contributed by atoms with E-state index in [0.717, 1.165) is 9.87 Å². The molecule has 0 aromatic heterocycles. The lowest BCUT2D eigenvalue weighted by Crippen LogP contribution is -2.36. The van der Waals surface area contributed by atoms with Gasteiger partial charge in [-0.1, -0.05) is 24.3 Å². The number of carbonyl (C=O) groups excluding carboxylic acids is 1. The minimum Gasteiger partial charge on any atom is -0.490 e. The van der Waals surface area contributed by atoms with Gasteiger partial charge >= 0.3 is 0 Å². The Morgan fingerprint density at radius 3 is 2.46 bits per heavy atom. The summed E-state index contributed by atoms with van der Waals surface area (Å²) >= 11 is 5.77. The molecule has 7 nitrogen and oxygen atoms in total. The Kier molecular flexibility index (Phi) is 7.74.